The molecule has 2 nitrogen and oxygen atoms in total. The third kappa shape index (κ3) is 1.34. The molecule has 2 aromatic rings. The van der Waals surface area contributed by atoms with Crippen molar-refractivity contribution in [2.45, 2.75) is 13.0 Å². The van der Waals surface area contributed by atoms with Crippen LogP contribution in [0.4, 0.5) is 0 Å². The van der Waals surface area contributed by atoms with E-state index in [9.17, 15) is 0 Å². The molecule has 1 aromatic heterocycles. The number of hydrogen-bond acceptors (Lipinski definition) is 0. The number of fused-ring (bicyclic) bond motifs is 6. The third-order valence-corrected chi connectivity index (χ3v) is 4.32. The molecule has 1 aromatic carbocycles. The summed E-state index contributed by atoms with van der Waals surface area (Å²) >= 11 is 0. The first kappa shape index (κ1) is 10.8. The molecule has 19 heavy (non-hydrogen) atoms. The molecule has 2 heteroatoms. The van der Waals surface area contributed by atoms with E-state index in [1.54, 1.807) is 0 Å². The van der Waals surface area contributed by atoms with E-state index in [-0.39, 0.29) is 0 Å². The van der Waals surface area contributed by atoms with Crippen molar-refractivity contribution in [3.8, 4) is 11.3 Å². The first-order valence-corrected chi connectivity index (χ1v) is 6.82. The minimum atomic E-state index is 0.412. The zero-order valence-corrected chi connectivity index (χ0v) is 11.2. The lowest BCUT2D eigenvalue weighted by molar-refractivity contribution is -0.754. The standard InChI is InChI=1S/C17H17N2/c1-12-6-5-9-15-13-7-3-4-8-14(13)16-10-11-18(2)19(16)17(12)15/h3-12,17H,1-2H3/q+1/t12-,17?/m1/s1. The highest BCUT2D eigenvalue weighted by atomic mass is 15.4. The van der Waals surface area contributed by atoms with E-state index in [2.05, 4.69) is 78.1 Å². The Morgan fingerprint density at radius 1 is 1.11 bits per heavy atom. The monoisotopic (exact) mass is 249 g/mol. The zero-order valence-electron chi connectivity index (χ0n) is 11.2. The summed E-state index contributed by atoms with van der Waals surface area (Å²) in [5, 5.41) is 0. The van der Waals surface area contributed by atoms with Crippen LogP contribution < -0.4 is 4.68 Å². The molecule has 4 rings (SSSR count). The van der Waals surface area contributed by atoms with Crippen molar-refractivity contribution in [2.75, 3.05) is 0 Å². The zero-order chi connectivity index (χ0) is 13.0. The maximum Gasteiger partial charge on any atom is 0.196 e. The van der Waals surface area contributed by atoms with Gasteiger partial charge in [0.05, 0.1) is 0 Å². The largest absolute Gasteiger partial charge is 0.196 e. The minimum absolute atomic E-state index is 0.412. The fourth-order valence-corrected chi connectivity index (χ4v) is 3.44. The molecule has 0 amide bonds. The molecule has 0 bridgehead atoms. The molecular weight excluding hydrogens is 232 g/mol. The van der Waals surface area contributed by atoms with Crippen LogP contribution in [0.5, 0.6) is 0 Å². The van der Waals surface area contributed by atoms with Crippen molar-refractivity contribution >= 4 is 5.57 Å². The topological polar surface area (TPSA) is 8.81 Å². The first-order valence-electron chi connectivity index (χ1n) is 6.82. The van der Waals surface area contributed by atoms with E-state index in [1.165, 1.54) is 22.4 Å². The maximum atomic E-state index is 2.42. The Labute approximate surface area is 113 Å². The average molecular weight is 249 g/mol. The molecule has 0 spiro atoms. The van der Waals surface area contributed by atoms with Gasteiger partial charge < -0.3 is 0 Å². The van der Waals surface area contributed by atoms with Gasteiger partial charge in [0.1, 0.15) is 11.7 Å². The molecule has 0 N–H and O–H groups in total. The van der Waals surface area contributed by atoms with Crippen molar-refractivity contribution in [2.24, 2.45) is 13.0 Å². The Hall–Kier alpha value is -2.09. The Morgan fingerprint density at radius 3 is 2.74 bits per heavy atom. The number of aryl methyl sites for hydroxylation is 1. The number of rotatable bonds is 0. The molecule has 0 radical (unpaired) electrons. The molecule has 0 fully saturated rings. The first-order chi connectivity index (χ1) is 9.27. The van der Waals surface area contributed by atoms with Crippen LogP contribution in [-0.4, -0.2) is 4.68 Å². The van der Waals surface area contributed by atoms with Gasteiger partial charge >= 0.3 is 0 Å². The van der Waals surface area contributed by atoms with Crippen LogP contribution in [0.1, 0.15) is 18.5 Å². The van der Waals surface area contributed by atoms with E-state index < -0.39 is 0 Å². The molecule has 1 aliphatic heterocycles. The van der Waals surface area contributed by atoms with Crippen LogP contribution in [-0.2, 0) is 7.05 Å². The highest BCUT2D eigenvalue weighted by Gasteiger charge is 2.36. The van der Waals surface area contributed by atoms with E-state index in [0.717, 1.165) is 0 Å². The normalized spacial score (nSPS) is 23.4. The number of aromatic nitrogens is 2. The predicted octanol–water partition coefficient (Wildman–Crippen LogP) is 3.12. The van der Waals surface area contributed by atoms with Crippen molar-refractivity contribution in [1.29, 1.82) is 0 Å². The van der Waals surface area contributed by atoms with E-state index in [4.69, 9.17) is 0 Å². The second kappa shape index (κ2) is 3.70. The number of benzene rings is 1. The lowest BCUT2D eigenvalue weighted by atomic mass is 9.81. The van der Waals surface area contributed by atoms with Gasteiger partial charge in [-0.2, -0.15) is 0 Å². The molecular formula is C17H17N2+. The summed E-state index contributed by atoms with van der Waals surface area (Å²) in [6.45, 7) is 2.30. The van der Waals surface area contributed by atoms with Gasteiger partial charge in [0.25, 0.3) is 0 Å². The number of allylic oxidation sites excluding steroid dienone is 4. The Morgan fingerprint density at radius 2 is 1.89 bits per heavy atom. The van der Waals surface area contributed by atoms with Gasteiger partial charge in [0, 0.05) is 17.5 Å². The van der Waals surface area contributed by atoms with E-state index in [0.29, 0.717) is 12.0 Å². The van der Waals surface area contributed by atoms with Gasteiger partial charge in [-0.25, -0.2) is 0 Å². The Bertz CT molecular complexity index is 719. The second-order valence-electron chi connectivity index (χ2n) is 5.48. The molecule has 94 valence electrons. The SMILES string of the molecule is C[C@@H]1C=CC=C2c3ccccc3-c3cc[n+](C)n3C21. The van der Waals surface area contributed by atoms with Gasteiger partial charge in [-0.3, -0.25) is 0 Å². The molecule has 0 saturated heterocycles. The van der Waals surface area contributed by atoms with Gasteiger partial charge in [-0.1, -0.05) is 49.4 Å². The summed E-state index contributed by atoms with van der Waals surface area (Å²) in [6, 6.07) is 11.4. The van der Waals surface area contributed by atoms with E-state index in [1.807, 2.05) is 0 Å². The Balaban J connectivity index is 2.10. The molecule has 2 atom stereocenters. The lowest BCUT2D eigenvalue weighted by Crippen LogP contribution is -2.44. The summed E-state index contributed by atoms with van der Waals surface area (Å²) in [7, 11) is 2.13. The smallest absolute Gasteiger partial charge is 0.145 e. The molecule has 1 aliphatic carbocycles. The molecule has 1 unspecified atom stereocenters. The second-order valence-corrected chi connectivity index (χ2v) is 5.48. The van der Waals surface area contributed by atoms with Crippen molar-refractivity contribution in [1.82, 2.24) is 4.68 Å². The Kier molecular flexibility index (Phi) is 2.10. The van der Waals surface area contributed by atoms with Crippen LogP contribution >= 0.6 is 0 Å². The summed E-state index contributed by atoms with van der Waals surface area (Å²) in [5.74, 6) is 0.519. The van der Waals surface area contributed by atoms with Crippen LogP contribution in [0.3, 0.4) is 0 Å². The third-order valence-electron chi connectivity index (χ3n) is 4.32. The van der Waals surface area contributed by atoms with Gasteiger partial charge in [0.2, 0.25) is 0 Å². The van der Waals surface area contributed by atoms with Gasteiger partial charge in [-0.05, 0) is 11.1 Å². The maximum absolute atomic E-state index is 2.42. The molecule has 2 heterocycles. The number of hydrogen-bond donors (Lipinski definition) is 0. The average Bonchev–Trinajstić information content (AvgIpc) is 2.82. The van der Waals surface area contributed by atoms with Crippen molar-refractivity contribution < 1.29 is 4.68 Å². The van der Waals surface area contributed by atoms with Crippen LogP contribution in [0, 0.1) is 5.92 Å². The van der Waals surface area contributed by atoms with Crippen molar-refractivity contribution in [3.05, 3.63) is 60.3 Å². The van der Waals surface area contributed by atoms with Crippen LogP contribution in [0.15, 0.2) is 54.8 Å². The summed E-state index contributed by atoms with van der Waals surface area (Å²) in [6.07, 6.45) is 8.92. The summed E-state index contributed by atoms with van der Waals surface area (Å²) in [4.78, 5) is 0. The number of nitrogens with zero attached hydrogens (tertiary/aromatic N) is 2. The molecule has 2 aliphatic rings. The van der Waals surface area contributed by atoms with E-state index >= 15 is 0 Å². The highest BCUT2D eigenvalue weighted by Crippen LogP contribution is 2.45. The fourth-order valence-electron chi connectivity index (χ4n) is 3.44. The predicted molar refractivity (Wildman–Crippen MR) is 76.4 cm³/mol. The molecule has 0 saturated carbocycles. The summed E-state index contributed by atoms with van der Waals surface area (Å²) < 4.78 is 4.63. The minimum Gasteiger partial charge on any atom is -0.145 e. The van der Waals surface area contributed by atoms with Crippen molar-refractivity contribution in [3.63, 3.8) is 0 Å². The fraction of sp³-hybridized carbons (Fsp3) is 0.235. The van der Waals surface area contributed by atoms with Crippen LogP contribution in [0.2, 0.25) is 0 Å². The van der Waals surface area contributed by atoms with Gasteiger partial charge in [-0.15, -0.1) is 9.36 Å². The lowest BCUT2D eigenvalue weighted by Gasteiger charge is -2.32. The quantitative estimate of drug-likeness (QED) is 0.634. The summed E-state index contributed by atoms with van der Waals surface area (Å²) in [5.41, 5.74) is 5.48. The van der Waals surface area contributed by atoms with Gasteiger partial charge in [0.15, 0.2) is 13.2 Å². The van der Waals surface area contributed by atoms with Crippen LogP contribution in [0.25, 0.3) is 16.8 Å². The highest BCUT2D eigenvalue weighted by molar-refractivity contribution is 5.85.